The molecule has 1 saturated heterocycles. The van der Waals surface area contributed by atoms with Crippen molar-refractivity contribution in [2.75, 3.05) is 39.5 Å². The zero-order valence-electron chi connectivity index (χ0n) is 8.40. The Morgan fingerprint density at radius 2 is 2.21 bits per heavy atom. The van der Waals surface area contributed by atoms with Gasteiger partial charge in [0.25, 0.3) is 5.88 Å². The van der Waals surface area contributed by atoms with Crippen LogP contribution in [-0.2, 0) is 9.47 Å². The molecule has 5 nitrogen and oxygen atoms in total. The van der Waals surface area contributed by atoms with E-state index in [9.17, 15) is 0 Å². The molecule has 2 aliphatic heterocycles. The molecule has 0 saturated carbocycles. The van der Waals surface area contributed by atoms with Crippen molar-refractivity contribution >= 4 is 0 Å². The van der Waals surface area contributed by atoms with Crippen molar-refractivity contribution in [1.29, 1.82) is 0 Å². The average molecular weight is 197 g/mol. The van der Waals surface area contributed by atoms with Crippen LogP contribution in [0.3, 0.4) is 0 Å². The van der Waals surface area contributed by atoms with E-state index in [-0.39, 0.29) is 0 Å². The van der Waals surface area contributed by atoms with Crippen molar-refractivity contribution in [3.8, 4) is 0 Å². The maximum absolute atomic E-state index is 5.41. The van der Waals surface area contributed by atoms with Gasteiger partial charge in [0.05, 0.1) is 19.8 Å². The monoisotopic (exact) mass is 197 g/mol. The highest BCUT2D eigenvalue weighted by Gasteiger charge is 2.21. The fraction of sp³-hybridized carbons (Fsp3) is 0.778. The van der Waals surface area contributed by atoms with Crippen LogP contribution in [-0.4, -0.2) is 44.4 Å². The van der Waals surface area contributed by atoms with E-state index in [0.29, 0.717) is 19.0 Å². The van der Waals surface area contributed by atoms with Crippen molar-refractivity contribution < 1.29 is 9.47 Å². The summed E-state index contributed by atoms with van der Waals surface area (Å²) in [5, 5.41) is 7.97. The van der Waals surface area contributed by atoms with Crippen molar-refractivity contribution in [1.82, 2.24) is 4.90 Å². The van der Waals surface area contributed by atoms with E-state index in [4.69, 9.17) is 9.47 Å². The Labute approximate surface area is 83.4 Å². The number of rotatable bonds is 3. The molecule has 14 heavy (non-hydrogen) atoms. The van der Waals surface area contributed by atoms with Crippen LogP contribution in [0, 0.1) is 0 Å². The Hall–Kier alpha value is -1.10. The zero-order valence-corrected chi connectivity index (χ0v) is 8.40. The Kier molecular flexibility index (Phi) is 2.98. The molecule has 2 heterocycles. The minimum Gasteiger partial charge on any atom is -0.476 e. The highest BCUT2D eigenvalue weighted by atomic mass is 16.5. The van der Waals surface area contributed by atoms with Gasteiger partial charge in [-0.15, -0.1) is 5.11 Å². The van der Waals surface area contributed by atoms with Crippen LogP contribution in [0.4, 0.5) is 0 Å². The summed E-state index contributed by atoms with van der Waals surface area (Å²) in [6.07, 6.45) is 0. The third kappa shape index (κ3) is 1.87. The average Bonchev–Trinajstić information content (AvgIpc) is 2.68. The van der Waals surface area contributed by atoms with Gasteiger partial charge < -0.3 is 14.4 Å². The van der Waals surface area contributed by atoms with Crippen molar-refractivity contribution in [3.63, 3.8) is 0 Å². The molecule has 2 aliphatic rings. The van der Waals surface area contributed by atoms with Crippen LogP contribution in [0.5, 0.6) is 0 Å². The van der Waals surface area contributed by atoms with Crippen molar-refractivity contribution in [2.24, 2.45) is 10.2 Å². The molecule has 0 radical (unpaired) electrons. The van der Waals surface area contributed by atoms with Gasteiger partial charge in [-0.05, 0) is 6.92 Å². The second-order valence-electron chi connectivity index (χ2n) is 3.18. The number of azo groups is 1. The van der Waals surface area contributed by atoms with Crippen molar-refractivity contribution in [2.45, 2.75) is 6.92 Å². The van der Waals surface area contributed by atoms with Gasteiger partial charge in [-0.1, -0.05) is 0 Å². The summed E-state index contributed by atoms with van der Waals surface area (Å²) in [6.45, 7) is 6.63. The van der Waals surface area contributed by atoms with Crippen molar-refractivity contribution in [3.05, 3.63) is 11.6 Å². The van der Waals surface area contributed by atoms with Gasteiger partial charge in [0.2, 0.25) is 0 Å². The highest BCUT2D eigenvalue weighted by Crippen LogP contribution is 2.20. The molecule has 0 spiro atoms. The molecule has 1 fully saturated rings. The molecule has 0 bridgehead atoms. The number of morpholine rings is 1. The SMILES string of the molecule is CCOC1=C(N2CCOCC2)CN=N1. The normalized spacial score (nSPS) is 21.9. The van der Waals surface area contributed by atoms with Crippen LogP contribution in [0.1, 0.15) is 6.92 Å². The number of hydrogen-bond donors (Lipinski definition) is 0. The van der Waals surface area contributed by atoms with Gasteiger partial charge in [-0.25, -0.2) is 0 Å². The van der Waals surface area contributed by atoms with Crippen LogP contribution in [0.2, 0.25) is 0 Å². The summed E-state index contributed by atoms with van der Waals surface area (Å²) < 4.78 is 10.7. The van der Waals surface area contributed by atoms with Crippen LogP contribution in [0.15, 0.2) is 21.8 Å². The molecular formula is C9H15N3O2. The van der Waals surface area contributed by atoms with Gasteiger partial charge >= 0.3 is 0 Å². The first-order chi connectivity index (χ1) is 6.92. The molecule has 0 N–H and O–H groups in total. The van der Waals surface area contributed by atoms with Gasteiger partial charge in [0.1, 0.15) is 12.2 Å². The van der Waals surface area contributed by atoms with E-state index in [2.05, 4.69) is 15.1 Å². The molecule has 0 aromatic rings. The maximum Gasteiger partial charge on any atom is 0.254 e. The summed E-state index contributed by atoms with van der Waals surface area (Å²) in [5.41, 5.74) is 1.11. The number of ether oxygens (including phenoxy) is 2. The second-order valence-corrected chi connectivity index (χ2v) is 3.18. The molecular weight excluding hydrogens is 182 g/mol. The van der Waals surface area contributed by atoms with E-state index < -0.39 is 0 Å². The van der Waals surface area contributed by atoms with E-state index in [0.717, 1.165) is 32.0 Å². The van der Waals surface area contributed by atoms with E-state index in [1.54, 1.807) is 0 Å². The standard InChI is InChI=1S/C9H15N3O2/c1-2-14-9-8(7-10-11-9)12-3-5-13-6-4-12/h2-7H2,1H3. The summed E-state index contributed by atoms with van der Waals surface area (Å²) in [7, 11) is 0. The lowest BCUT2D eigenvalue weighted by atomic mass is 10.3. The van der Waals surface area contributed by atoms with Gasteiger partial charge in [-0.2, -0.15) is 5.11 Å². The molecule has 2 rings (SSSR count). The molecule has 78 valence electrons. The van der Waals surface area contributed by atoms with E-state index in [1.807, 2.05) is 6.92 Å². The summed E-state index contributed by atoms with van der Waals surface area (Å²) in [6, 6.07) is 0. The minimum absolute atomic E-state index is 0.641. The zero-order chi connectivity index (χ0) is 9.80. The van der Waals surface area contributed by atoms with Crippen LogP contribution in [0.25, 0.3) is 0 Å². The largest absolute Gasteiger partial charge is 0.476 e. The maximum atomic E-state index is 5.41. The summed E-state index contributed by atoms with van der Waals surface area (Å²) >= 11 is 0. The van der Waals surface area contributed by atoms with E-state index in [1.165, 1.54) is 0 Å². The van der Waals surface area contributed by atoms with Gasteiger partial charge in [-0.3, -0.25) is 0 Å². The molecule has 0 unspecified atom stereocenters. The Bertz CT molecular complexity index is 257. The molecule has 5 heteroatoms. The van der Waals surface area contributed by atoms with Gasteiger partial charge in [0, 0.05) is 13.1 Å². The van der Waals surface area contributed by atoms with Gasteiger partial charge in [0.15, 0.2) is 0 Å². The Balaban J connectivity index is 2.03. The first-order valence-corrected chi connectivity index (χ1v) is 4.98. The fourth-order valence-corrected chi connectivity index (χ4v) is 1.61. The lowest BCUT2D eigenvalue weighted by Gasteiger charge is -2.29. The molecule has 0 amide bonds. The lowest BCUT2D eigenvalue weighted by Crippen LogP contribution is -2.36. The van der Waals surface area contributed by atoms with Crippen LogP contribution >= 0.6 is 0 Å². The minimum atomic E-state index is 0.641. The topological polar surface area (TPSA) is 46.4 Å². The quantitative estimate of drug-likeness (QED) is 0.677. The highest BCUT2D eigenvalue weighted by molar-refractivity contribution is 5.12. The molecule has 0 aromatic carbocycles. The number of nitrogens with zero attached hydrogens (tertiary/aromatic N) is 3. The molecule has 0 aliphatic carbocycles. The predicted octanol–water partition coefficient (Wildman–Crippen LogP) is 0.990. The third-order valence-electron chi connectivity index (χ3n) is 2.30. The first kappa shape index (κ1) is 9.45. The predicted molar refractivity (Wildman–Crippen MR) is 50.8 cm³/mol. The van der Waals surface area contributed by atoms with E-state index >= 15 is 0 Å². The third-order valence-corrected chi connectivity index (χ3v) is 2.30. The summed E-state index contributed by atoms with van der Waals surface area (Å²) in [5.74, 6) is 0.689. The molecule has 0 atom stereocenters. The fourth-order valence-electron chi connectivity index (χ4n) is 1.61. The summed E-state index contributed by atoms with van der Waals surface area (Å²) in [4.78, 5) is 2.24. The lowest BCUT2D eigenvalue weighted by molar-refractivity contribution is 0.0503. The number of hydrogen-bond acceptors (Lipinski definition) is 5. The first-order valence-electron chi connectivity index (χ1n) is 4.98. The second kappa shape index (κ2) is 4.41. The van der Waals surface area contributed by atoms with Crippen LogP contribution < -0.4 is 0 Å². The Morgan fingerprint density at radius 1 is 1.43 bits per heavy atom. The Morgan fingerprint density at radius 3 is 2.93 bits per heavy atom. The smallest absolute Gasteiger partial charge is 0.254 e. The molecule has 0 aromatic heterocycles.